The fourth-order valence-corrected chi connectivity index (χ4v) is 2.38. The van der Waals surface area contributed by atoms with Gasteiger partial charge < -0.3 is 25.6 Å². The molecular formula is C16H32IN5O3. The van der Waals surface area contributed by atoms with Crippen LogP contribution >= 0.6 is 24.0 Å². The van der Waals surface area contributed by atoms with Gasteiger partial charge in [0, 0.05) is 45.2 Å². The number of likely N-dealkylation sites (tertiary alicyclic amines) is 1. The lowest BCUT2D eigenvalue weighted by Gasteiger charge is -2.32. The summed E-state index contributed by atoms with van der Waals surface area (Å²) in [6, 6.07) is 0.270. The summed E-state index contributed by atoms with van der Waals surface area (Å²) in [5, 5.41) is 9.39. The number of rotatable bonds is 6. The number of aliphatic imine (C=N–C) groups is 1. The van der Waals surface area contributed by atoms with Crippen LogP contribution in [0.25, 0.3) is 0 Å². The lowest BCUT2D eigenvalue weighted by molar-refractivity contribution is -0.123. The molecule has 0 bridgehead atoms. The van der Waals surface area contributed by atoms with E-state index in [2.05, 4.69) is 20.9 Å². The molecule has 25 heavy (non-hydrogen) atoms. The van der Waals surface area contributed by atoms with Crippen LogP contribution in [-0.2, 0) is 9.53 Å². The average Bonchev–Trinajstić information content (AvgIpc) is 2.57. The lowest BCUT2D eigenvalue weighted by Crippen LogP contribution is -2.50. The van der Waals surface area contributed by atoms with Gasteiger partial charge in [0.25, 0.3) is 0 Å². The Hall–Kier alpha value is -1.26. The third kappa shape index (κ3) is 9.13. The molecule has 0 unspecified atom stereocenters. The van der Waals surface area contributed by atoms with E-state index in [-0.39, 0.29) is 47.9 Å². The van der Waals surface area contributed by atoms with E-state index in [4.69, 9.17) is 4.74 Å². The zero-order valence-corrected chi connectivity index (χ0v) is 18.0. The lowest BCUT2D eigenvalue weighted by atomic mass is 10.1. The molecule has 0 aromatic carbocycles. The molecule has 0 aliphatic carbocycles. The summed E-state index contributed by atoms with van der Waals surface area (Å²) >= 11 is 0. The van der Waals surface area contributed by atoms with Crippen molar-refractivity contribution in [1.29, 1.82) is 0 Å². The molecule has 1 saturated heterocycles. The van der Waals surface area contributed by atoms with Crippen LogP contribution in [-0.4, -0.2) is 68.7 Å². The molecule has 2 amide bonds. The van der Waals surface area contributed by atoms with Crippen molar-refractivity contribution < 1.29 is 14.3 Å². The quantitative estimate of drug-likeness (QED) is 0.235. The first-order valence-electron chi connectivity index (χ1n) is 8.64. The van der Waals surface area contributed by atoms with E-state index in [1.165, 1.54) is 0 Å². The predicted octanol–water partition coefficient (Wildman–Crippen LogP) is 1.16. The van der Waals surface area contributed by atoms with Crippen molar-refractivity contribution in [2.75, 3.05) is 39.8 Å². The normalized spacial score (nSPS) is 15.4. The summed E-state index contributed by atoms with van der Waals surface area (Å²) in [6.07, 6.45) is 1.46. The molecule has 3 N–H and O–H groups in total. The van der Waals surface area contributed by atoms with Gasteiger partial charge >= 0.3 is 6.09 Å². The molecule has 8 nitrogen and oxygen atoms in total. The molecule has 1 rings (SSSR count). The Balaban J connectivity index is 0.00000576. The number of carbonyl (C=O) groups is 2. The summed E-state index contributed by atoms with van der Waals surface area (Å²) in [4.78, 5) is 29.1. The molecule has 9 heteroatoms. The Labute approximate surface area is 167 Å². The third-order valence-electron chi connectivity index (χ3n) is 3.83. The monoisotopic (exact) mass is 469 g/mol. The van der Waals surface area contributed by atoms with Crippen molar-refractivity contribution in [3.05, 3.63) is 0 Å². The molecule has 1 aliphatic heterocycles. The zero-order chi connectivity index (χ0) is 17.9. The summed E-state index contributed by atoms with van der Waals surface area (Å²) < 4.78 is 5.02. The van der Waals surface area contributed by atoms with E-state index in [1.54, 1.807) is 11.9 Å². The molecule has 146 valence electrons. The molecule has 0 spiro atoms. The molecule has 0 radical (unpaired) electrons. The minimum Gasteiger partial charge on any atom is -0.450 e. The van der Waals surface area contributed by atoms with Crippen molar-refractivity contribution in [3.8, 4) is 0 Å². The summed E-state index contributed by atoms with van der Waals surface area (Å²) in [5.41, 5.74) is 0. The Morgan fingerprint density at radius 1 is 1.20 bits per heavy atom. The van der Waals surface area contributed by atoms with Crippen LogP contribution < -0.4 is 16.0 Å². The maximum atomic E-state index is 11.7. The summed E-state index contributed by atoms with van der Waals surface area (Å²) in [7, 11) is 1.72. The minimum atomic E-state index is -0.237. The number of nitrogens with zero attached hydrogens (tertiary/aromatic N) is 2. The number of hydrogen-bond donors (Lipinski definition) is 3. The molecule has 1 fully saturated rings. The highest BCUT2D eigenvalue weighted by molar-refractivity contribution is 14.0. The van der Waals surface area contributed by atoms with E-state index in [0.717, 1.165) is 12.8 Å². The van der Waals surface area contributed by atoms with Crippen LogP contribution in [0.4, 0.5) is 4.79 Å². The van der Waals surface area contributed by atoms with Gasteiger partial charge in [0.1, 0.15) is 0 Å². The average molecular weight is 469 g/mol. The van der Waals surface area contributed by atoms with Gasteiger partial charge in [-0.25, -0.2) is 4.79 Å². The maximum absolute atomic E-state index is 11.7. The molecular weight excluding hydrogens is 437 g/mol. The smallest absolute Gasteiger partial charge is 0.409 e. The summed E-state index contributed by atoms with van der Waals surface area (Å²) in [6.45, 7) is 8.47. The number of carbonyl (C=O) groups excluding carboxylic acids is 2. The number of nitrogens with one attached hydrogen (secondary N) is 3. The van der Waals surface area contributed by atoms with Gasteiger partial charge in [-0.1, -0.05) is 13.8 Å². The first-order valence-corrected chi connectivity index (χ1v) is 8.64. The second kappa shape index (κ2) is 13.0. The fourth-order valence-electron chi connectivity index (χ4n) is 2.38. The largest absolute Gasteiger partial charge is 0.450 e. The van der Waals surface area contributed by atoms with Crippen LogP contribution in [0.15, 0.2) is 4.99 Å². The highest BCUT2D eigenvalue weighted by atomic mass is 127. The molecule has 1 heterocycles. The molecule has 1 aliphatic rings. The standard InChI is InChI=1S/C16H31N5O3.HI/c1-5-24-16(23)21-10-6-13(7-11-21)20-15(17-4)19-9-8-18-14(22)12(2)3;/h12-13H,5-11H2,1-4H3,(H,18,22)(H2,17,19,20);1H. The third-order valence-corrected chi connectivity index (χ3v) is 3.83. The summed E-state index contributed by atoms with van der Waals surface area (Å²) in [5.74, 6) is 0.751. The van der Waals surface area contributed by atoms with Crippen molar-refractivity contribution >= 4 is 41.9 Å². The Morgan fingerprint density at radius 3 is 2.32 bits per heavy atom. The fraction of sp³-hybridized carbons (Fsp3) is 0.812. The maximum Gasteiger partial charge on any atom is 0.409 e. The highest BCUT2D eigenvalue weighted by Crippen LogP contribution is 2.11. The van der Waals surface area contributed by atoms with Crippen molar-refractivity contribution in [1.82, 2.24) is 20.9 Å². The van der Waals surface area contributed by atoms with Gasteiger partial charge in [0.2, 0.25) is 5.91 Å². The highest BCUT2D eigenvalue weighted by Gasteiger charge is 2.23. The second-order valence-corrected chi connectivity index (χ2v) is 6.05. The number of ether oxygens (including phenoxy) is 1. The minimum absolute atomic E-state index is 0. The number of amides is 2. The molecule has 0 saturated carbocycles. The number of guanidine groups is 1. The Bertz CT molecular complexity index is 437. The van der Waals surface area contributed by atoms with E-state index >= 15 is 0 Å². The first-order chi connectivity index (χ1) is 11.5. The van der Waals surface area contributed by atoms with E-state index in [9.17, 15) is 9.59 Å². The van der Waals surface area contributed by atoms with E-state index in [1.807, 2.05) is 20.8 Å². The molecule has 0 atom stereocenters. The van der Waals surface area contributed by atoms with Gasteiger partial charge in [-0.3, -0.25) is 9.79 Å². The van der Waals surface area contributed by atoms with Crippen LogP contribution in [0.2, 0.25) is 0 Å². The van der Waals surface area contributed by atoms with Gasteiger partial charge in [0.15, 0.2) is 5.96 Å². The first kappa shape index (κ1) is 23.7. The topological polar surface area (TPSA) is 95.1 Å². The van der Waals surface area contributed by atoms with Crippen LogP contribution in [0, 0.1) is 5.92 Å². The van der Waals surface area contributed by atoms with Crippen molar-refractivity contribution in [3.63, 3.8) is 0 Å². The van der Waals surface area contributed by atoms with Gasteiger partial charge in [0.05, 0.1) is 6.61 Å². The van der Waals surface area contributed by atoms with Crippen LogP contribution in [0.5, 0.6) is 0 Å². The number of piperidine rings is 1. The number of hydrogen-bond acceptors (Lipinski definition) is 4. The van der Waals surface area contributed by atoms with Gasteiger partial charge in [-0.05, 0) is 19.8 Å². The van der Waals surface area contributed by atoms with Crippen molar-refractivity contribution in [2.45, 2.75) is 39.7 Å². The second-order valence-electron chi connectivity index (χ2n) is 6.05. The Morgan fingerprint density at radius 2 is 1.80 bits per heavy atom. The number of halogens is 1. The van der Waals surface area contributed by atoms with Crippen LogP contribution in [0.1, 0.15) is 33.6 Å². The molecule has 0 aromatic rings. The van der Waals surface area contributed by atoms with Crippen LogP contribution in [0.3, 0.4) is 0 Å². The van der Waals surface area contributed by atoms with Crippen molar-refractivity contribution in [2.24, 2.45) is 10.9 Å². The Kier molecular flexibility index (Phi) is 12.4. The SMILES string of the molecule is CCOC(=O)N1CCC(NC(=NC)NCCNC(=O)C(C)C)CC1.I. The van der Waals surface area contributed by atoms with E-state index < -0.39 is 0 Å². The zero-order valence-electron chi connectivity index (χ0n) is 15.6. The van der Waals surface area contributed by atoms with Gasteiger partial charge in [-0.2, -0.15) is 0 Å². The van der Waals surface area contributed by atoms with E-state index in [0.29, 0.717) is 38.7 Å². The predicted molar refractivity (Wildman–Crippen MR) is 109 cm³/mol. The van der Waals surface area contributed by atoms with Gasteiger partial charge in [-0.15, -0.1) is 24.0 Å². The molecule has 0 aromatic heterocycles.